The van der Waals surface area contributed by atoms with Crippen molar-refractivity contribution in [2.24, 2.45) is 5.92 Å². The first-order valence-corrected chi connectivity index (χ1v) is 6.32. The van der Waals surface area contributed by atoms with E-state index in [1.165, 1.54) is 6.92 Å². The highest BCUT2D eigenvalue weighted by Gasteiger charge is 2.52. The van der Waals surface area contributed by atoms with E-state index in [0.29, 0.717) is 0 Å². The third kappa shape index (κ3) is 2.17. The molecule has 0 aliphatic heterocycles. The van der Waals surface area contributed by atoms with Gasteiger partial charge in [0.05, 0.1) is 16.0 Å². The number of Topliss-reactive ketones (excluding diaryl/α,β-unsaturated/α-hetero) is 1. The predicted octanol–water partition coefficient (Wildman–Crippen LogP) is 2.79. The summed E-state index contributed by atoms with van der Waals surface area (Å²) in [7, 11) is 0. The zero-order valence-electron chi connectivity index (χ0n) is 9.01. The maximum atomic E-state index is 11.5. The smallest absolute Gasteiger partial charge is 0.310 e. The Morgan fingerprint density at radius 3 is 1.89 bits per heavy atom. The van der Waals surface area contributed by atoms with E-state index in [0.717, 1.165) is 0 Å². The van der Waals surface area contributed by atoms with E-state index in [-0.39, 0.29) is 6.42 Å². The molecule has 0 amide bonds. The van der Waals surface area contributed by atoms with Crippen molar-refractivity contribution in [2.45, 2.75) is 18.9 Å². The van der Waals surface area contributed by atoms with Gasteiger partial charge in [-0.2, -0.15) is 0 Å². The minimum atomic E-state index is -2.29. The molecule has 0 spiro atoms. The van der Waals surface area contributed by atoms with Crippen LogP contribution in [-0.2, 0) is 9.59 Å². The molecule has 1 atom stereocenters. The quantitative estimate of drug-likeness (QED) is 0.832. The van der Waals surface area contributed by atoms with Crippen molar-refractivity contribution in [2.75, 3.05) is 0 Å². The molecule has 1 unspecified atom stereocenters. The largest absolute Gasteiger partial charge is 0.481 e. The van der Waals surface area contributed by atoms with Crippen LogP contribution in [0, 0.1) is 5.92 Å². The zero-order chi connectivity index (χ0) is 14.2. The summed E-state index contributed by atoms with van der Waals surface area (Å²) < 4.78 is 0. The van der Waals surface area contributed by atoms with Gasteiger partial charge in [0.1, 0.15) is 10.1 Å². The molecule has 0 bridgehead atoms. The molecule has 0 radical (unpaired) electrons. The average molecular weight is 334 g/mol. The Hall–Kier alpha value is -0.260. The lowest BCUT2D eigenvalue weighted by molar-refractivity contribution is -0.147. The summed E-state index contributed by atoms with van der Waals surface area (Å²) in [4.78, 5) is 22.6. The van der Waals surface area contributed by atoms with Crippen LogP contribution in [0.25, 0.3) is 0 Å². The highest BCUT2D eigenvalue weighted by Crippen LogP contribution is 2.47. The summed E-state index contributed by atoms with van der Waals surface area (Å²) in [6.45, 7) is 1.52. The van der Waals surface area contributed by atoms with E-state index >= 15 is 0 Å². The highest BCUT2D eigenvalue weighted by molar-refractivity contribution is 6.61. The Morgan fingerprint density at radius 1 is 1.22 bits per heavy atom. The van der Waals surface area contributed by atoms with Crippen LogP contribution in [0.4, 0.5) is 0 Å². The van der Waals surface area contributed by atoms with Crippen LogP contribution in [0.1, 0.15) is 13.3 Å². The number of aliphatic hydroxyl groups is 1. The van der Waals surface area contributed by atoms with Gasteiger partial charge in [0, 0.05) is 0 Å². The lowest BCUT2D eigenvalue weighted by atomic mass is 9.81. The van der Waals surface area contributed by atoms with Gasteiger partial charge >= 0.3 is 5.97 Å². The van der Waals surface area contributed by atoms with Gasteiger partial charge in [-0.15, -0.1) is 0 Å². The summed E-state index contributed by atoms with van der Waals surface area (Å²) in [5, 5.41) is 17.4. The Bertz CT molecular complexity index is 452. The number of carbonyl (C=O) groups is 2. The van der Waals surface area contributed by atoms with Gasteiger partial charge in [0.15, 0.2) is 5.60 Å². The van der Waals surface area contributed by atoms with Crippen LogP contribution < -0.4 is 0 Å². The maximum Gasteiger partial charge on any atom is 0.310 e. The van der Waals surface area contributed by atoms with Gasteiger partial charge in [0.25, 0.3) is 0 Å². The monoisotopic (exact) mass is 332 g/mol. The number of ketones is 1. The molecule has 0 aromatic heterocycles. The molecule has 2 N–H and O–H groups in total. The first-order chi connectivity index (χ1) is 8.19. The Labute approximate surface area is 123 Å². The van der Waals surface area contributed by atoms with E-state index in [9.17, 15) is 14.7 Å². The van der Waals surface area contributed by atoms with Crippen molar-refractivity contribution in [1.29, 1.82) is 0 Å². The van der Waals surface area contributed by atoms with Gasteiger partial charge in [-0.1, -0.05) is 53.3 Å². The fourth-order valence-corrected chi connectivity index (χ4v) is 2.88. The summed E-state index contributed by atoms with van der Waals surface area (Å²) in [6, 6.07) is 0. The predicted molar refractivity (Wildman–Crippen MR) is 68.8 cm³/mol. The topological polar surface area (TPSA) is 74.6 Å². The van der Waals surface area contributed by atoms with E-state index in [2.05, 4.69) is 0 Å². The lowest BCUT2D eigenvalue weighted by Gasteiger charge is -2.35. The van der Waals surface area contributed by atoms with E-state index in [4.69, 9.17) is 51.5 Å². The number of carboxylic acid groups (broad SMARTS) is 1. The normalized spacial score (nSPS) is 21.3. The summed E-state index contributed by atoms with van der Waals surface area (Å²) in [6.07, 6.45) is 0.0147. The van der Waals surface area contributed by atoms with E-state index < -0.39 is 43.4 Å². The molecule has 0 saturated carbocycles. The number of hydrogen-bond acceptors (Lipinski definition) is 3. The van der Waals surface area contributed by atoms with E-state index in [1.54, 1.807) is 0 Å². The molecule has 0 heterocycles. The first kappa shape index (κ1) is 15.8. The second kappa shape index (κ2) is 5.39. The maximum absolute atomic E-state index is 11.5. The lowest BCUT2D eigenvalue weighted by Crippen LogP contribution is -2.46. The number of carbonyl (C=O) groups excluding carboxylic acids is 1. The van der Waals surface area contributed by atoms with Crippen molar-refractivity contribution < 1.29 is 19.8 Å². The fourth-order valence-electron chi connectivity index (χ4n) is 1.68. The van der Waals surface area contributed by atoms with Crippen molar-refractivity contribution in [3.05, 3.63) is 20.1 Å². The second-order valence-electron chi connectivity index (χ2n) is 3.65. The molecule has 4 nitrogen and oxygen atoms in total. The summed E-state index contributed by atoms with van der Waals surface area (Å²) in [5.74, 6) is -3.55. The molecule has 0 aromatic rings. The Kier molecular flexibility index (Phi) is 4.73. The zero-order valence-corrected chi connectivity index (χ0v) is 12.0. The number of hydrogen-bond donors (Lipinski definition) is 2. The second-order valence-corrected chi connectivity index (χ2v) is 5.16. The SMILES string of the molecule is CCC(C(=O)O)C1(O)C(Cl)=C(Cl)C(=O)C(Cl)=C1Cl. The minimum absolute atomic E-state index is 0.0147. The molecule has 100 valence electrons. The molecular weight excluding hydrogens is 326 g/mol. The van der Waals surface area contributed by atoms with Gasteiger partial charge in [-0.3, -0.25) is 9.59 Å². The Morgan fingerprint density at radius 2 is 1.61 bits per heavy atom. The molecule has 1 aliphatic rings. The number of allylic oxidation sites excluding steroid dienone is 2. The van der Waals surface area contributed by atoms with Crippen LogP contribution in [0.3, 0.4) is 0 Å². The molecule has 0 aromatic carbocycles. The van der Waals surface area contributed by atoms with Gasteiger partial charge < -0.3 is 10.2 Å². The molecule has 0 fully saturated rings. The van der Waals surface area contributed by atoms with Crippen LogP contribution in [0.2, 0.25) is 0 Å². The molecule has 8 heteroatoms. The third-order valence-corrected chi connectivity index (χ3v) is 4.53. The first-order valence-electron chi connectivity index (χ1n) is 4.80. The summed E-state index contributed by atoms with van der Waals surface area (Å²) >= 11 is 22.8. The van der Waals surface area contributed by atoms with Crippen LogP contribution in [-0.4, -0.2) is 27.6 Å². The fraction of sp³-hybridized carbons (Fsp3) is 0.400. The van der Waals surface area contributed by atoms with Gasteiger partial charge in [0.2, 0.25) is 5.78 Å². The van der Waals surface area contributed by atoms with Crippen molar-refractivity contribution in [3.8, 4) is 0 Å². The van der Waals surface area contributed by atoms with Crippen molar-refractivity contribution in [3.63, 3.8) is 0 Å². The molecular formula is C10H8Cl4O4. The highest BCUT2D eigenvalue weighted by atomic mass is 35.5. The molecule has 18 heavy (non-hydrogen) atoms. The van der Waals surface area contributed by atoms with Crippen LogP contribution in [0.5, 0.6) is 0 Å². The summed E-state index contributed by atoms with van der Waals surface area (Å²) in [5.41, 5.74) is -2.29. The van der Waals surface area contributed by atoms with Crippen molar-refractivity contribution >= 4 is 58.2 Å². The standard InChI is InChI=1S/C10H8Cl4O4/c1-2-3(9(16)17)10(18)7(13)4(11)6(15)5(12)8(10)14/h3,18H,2H2,1H3,(H,16,17). The molecule has 0 saturated heterocycles. The number of halogens is 4. The number of carboxylic acids is 1. The number of rotatable bonds is 3. The number of aliphatic carboxylic acids is 1. The molecule has 1 rings (SSSR count). The van der Waals surface area contributed by atoms with Gasteiger partial charge in [-0.25, -0.2) is 0 Å². The third-order valence-electron chi connectivity index (χ3n) is 2.66. The van der Waals surface area contributed by atoms with Gasteiger partial charge in [-0.05, 0) is 6.42 Å². The Balaban J connectivity index is 3.53. The van der Waals surface area contributed by atoms with E-state index in [1.807, 2.05) is 0 Å². The minimum Gasteiger partial charge on any atom is -0.481 e. The van der Waals surface area contributed by atoms with Crippen LogP contribution >= 0.6 is 46.4 Å². The van der Waals surface area contributed by atoms with Crippen LogP contribution in [0.15, 0.2) is 20.1 Å². The van der Waals surface area contributed by atoms with Crippen molar-refractivity contribution in [1.82, 2.24) is 0 Å². The molecule has 1 aliphatic carbocycles. The average Bonchev–Trinajstić information content (AvgIpc) is 2.32.